The predicted octanol–water partition coefficient (Wildman–Crippen LogP) is 8.65. The molecule has 0 radical (unpaired) electrons. The number of carbonyl (C=O) groups is 1. The molecule has 0 saturated carbocycles. The average molecular weight is 519 g/mol. The molecule has 0 saturated heterocycles. The van der Waals surface area contributed by atoms with E-state index in [1.165, 1.54) is 17.0 Å². The Hall–Kier alpha value is -4.26. The lowest BCUT2D eigenvalue weighted by molar-refractivity contribution is -0.137. The number of nitrogens with zero attached hydrogens (tertiary/aromatic N) is 1. The number of carbonyl (C=O) groups excluding carboxylic acids is 1. The summed E-state index contributed by atoms with van der Waals surface area (Å²) in [4.78, 5) is 14.7. The van der Waals surface area contributed by atoms with E-state index in [9.17, 15) is 18.0 Å². The molecule has 2 amide bonds. The standard InChI is InChI=1S/C31H29F3N2O2/c1-22(2)25-10-14-27(15-11-25)35-30(37)36(28-16-12-26(13-17-28)31(32,33)34)20-23-8-18-29(19-9-23)38-21-24-6-4-3-5-7-24/h3-19,22H,20-21H2,1-2H3,(H,35,37). The van der Waals surface area contributed by atoms with E-state index >= 15 is 0 Å². The fraction of sp³-hybridized carbons (Fsp3) is 0.194. The predicted molar refractivity (Wildman–Crippen MR) is 144 cm³/mol. The van der Waals surface area contributed by atoms with Crippen LogP contribution in [0.25, 0.3) is 0 Å². The van der Waals surface area contributed by atoms with Gasteiger partial charge in [-0.3, -0.25) is 4.90 Å². The average Bonchev–Trinajstić information content (AvgIpc) is 2.91. The maximum absolute atomic E-state index is 13.3. The van der Waals surface area contributed by atoms with Crippen LogP contribution in [-0.2, 0) is 19.3 Å². The van der Waals surface area contributed by atoms with Crippen molar-refractivity contribution in [1.82, 2.24) is 0 Å². The summed E-state index contributed by atoms with van der Waals surface area (Å²) >= 11 is 0. The van der Waals surface area contributed by atoms with E-state index in [2.05, 4.69) is 19.2 Å². The van der Waals surface area contributed by atoms with Crippen molar-refractivity contribution in [2.24, 2.45) is 0 Å². The smallest absolute Gasteiger partial charge is 0.416 e. The zero-order chi connectivity index (χ0) is 27.1. The van der Waals surface area contributed by atoms with Crippen LogP contribution in [0.4, 0.5) is 29.3 Å². The lowest BCUT2D eigenvalue weighted by Gasteiger charge is -2.24. The van der Waals surface area contributed by atoms with Gasteiger partial charge in [0.2, 0.25) is 0 Å². The van der Waals surface area contributed by atoms with Crippen molar-refractivity contribution >= 4 is 17.4 Å². The molecular formula is C31H29F3N2O2. The molecule has 0 aliphatic rings. The number of benzene rings is 4. The van der Waals surface area contributed by atoms with Gasteiger partial charge in [0.05, 0.1) is 12.1 Å². The van der Waals surface area contributed by atoms with Crippen molar-refractivity contribution in [2.75, 3.05) is 10.2 Å². The van der Waals surface area contributed by atoms with Gasteiger partial charge in [0.25, 0.3) is 0 Å². The third-order valence-electron chi connectivity index (χ3n) is 6.09. The van der Waals surface area contributed by atoms with E-state index in [0.717, 1.165) is 28.8 Å². The normalized spacial score (nSPS) is 11.3. The van der Waals surface area contributed by atoms with Crippen molar-refractivity contribution in [3.63, 3.8) is 0 Å². The van der Waals surface area contributed by atoms with Crippen LogP contribution in [0.3, 0.4) is 0 Å². The van der Waals surface area contributed by atoms with Gasteiger partial charge in [0, 0.05) is 11.4 Å². The maximum Gasteiger partial charge on any atom is 0.416 e. The molecule has 4 nitrogen and oxygen atoms in total. The van der Waals surface area contributed by atoms with Crippen LogP contribution in [0.2, 0.25) is 0 Å². The molecule has 0 heterocycles. The van der Waals surface area contributed by atoms with Crippen molar-refractivity contribution in [3.8, 4) is 5.75 Å². The summed E-state index contributed by atoms with van der Waals surface area (Å²) in [6, 6.07) is 28.7. The quantitative estimate of drug-likeness (QED) is 0.254. The number of anilines is 2. The zero-order valence-corrected chi connectivity index (χ0v) is 21.2. The van der Waals surface area contributed by atoms with Crippen LogP contribution in [0.1, 0.15) is 42.0 Å². The Kier molecular flexibility index (Phi) is 8.36. The number of hydrogen-bond acceptors (Lipinski definition) is 2. The maximum atomic E-state index is 13.3. The van der Waals surface area contributed by atoms with Crippen LogP contribution in [0, 0.1) is 0 Å². The van der Waals surface area contributed by atoms with Gasteiger partial charge in [-0.05, 0) is 71.1 Å². The van der Waals surface area contributed by atoms with E-state index in [-0.39, 0.29) is 6.54 Å². The molecule has 0 aliphatic carbocycles. The highest BCUT2D eigenvalue weighted by Crippen LogP contribution is 2.31. The summed E-state index contributed by atoms with van der Waals surface area (Å²) in [7, 11) is 0. The highest BCUT2D eigenvalue weighted by Gasteiger charge is 2.30. The molecule has 0 bridgehead atoms. The summed E-state index contributed by atoms with van der Waals surface area (Å²) < 4.78 is 45.2. The minimum absolute atomic E-state index is 0.153. The van der Waals surface area contributed by atoms with E-state index in [1.54, 1.807) is 0 Å². The zero-order valence-electron chi connectivity index (χ0n) is 21.2. The van der Waals surface area contributed by atoms with Crippen LogP contribution in [0.15, 0.2) is 103 Å². The second-order valence-corrected chi connectivity index (χ2v) is 9.26. The molecular weight excluding hydrogens is 489 g/mol. The second kappa shape index (κ2) is 11.9. The molecule has 4 aromatic rings. The summed E-state index contributed by atoms with van der Waals surface area (Å²) in [5.74, 6) is 1.02. The van der Waals surface area contributed by atoms with Gasteiger partial charge < -0.3 is 10.1 Å². The fourth-order valence-corrected chi connectivity index (χ4v) is 3.87. The number of ether oxygens (including phenoxy) is 1. The highest BCUT2D eigenvalue weighted by molar-refractivity contribution is 6.01. The molecule has 196 valence electrons. The first-order valence-electron chi connectivity index (χ1n) is 12.3. The first-order chi connectivity index (χ1) is 18.2. The first kappa shape index (κ1) is 26.8. The van der Waals surface area contributed by atoms with Crippen molar-refractivity contribution in [3.05, 3.63) is 125 Å². The topological polar surface area (TPSA) is 41.6 Å². The van der Waals surface area contributed by atoms with E-state index in [4.69, 9.17) is 4.74 Å². The number of hydrogen-bond donors (Lipinski definition) is 1. The number of urea groups is 1. The fourth-order valence-electron chi connectivity index (χ4n) is 3.87. The van der Waals surface area contributed by atoms with E-state index < -0.39 is 17.8 Å². The number of alkyl halides is 3. The van der Waals surface area contributed by atoms with Crippen LogP contribution in [-0.4, -0.2) is 6.03 Å². The number of nitrogens with one attached hydrogen (secondary N) is 1. The van der Waals surface area contributed by atoms with Crippen LogP contribution >= 0.6 is 0 Å². The van der Waals surface area contributed by atoms with Gasteiger partial charge in [0.1, 0.15) is 12.4 Å². The molecule has 7 heteroatoms. The van der Waals surface area contributed by atoms with Crippen molar-refractivity contribution < 1.29 is 22.7 Å². The third kappa shape index (κ3) is 7.16. The molecule has 4 aromatic carbocycles. The molecule has 0 fully saturated rings. The van der Waals surface area contributed by atoms with Crippen molar-refractivity contribution in [1.29, 1.82) is 0 Å². The van der Waals surface area contributed by atoms with Crippen LogP contribution < -0.4 is 15.0 Å². The Morgan fingerprint density at radius 3 is 2.03 bits per heavy atom. The lowest BCUT2D eigenvalue weighted by atomic mass is 10.0. The van der Waals surface area contributed by atoms with E-state index in [1.807, 2.05) is 78.9 Å². The minimum Gasteiger partial charge on any atom is -0.489 e. The summed E-state index contributed by atoms with van der Waals surface area (Å²) in [5, 5.41) is 2.86. The molecule has 0 aliphatic heterocycles. The Morgan fingerprint density at radius 2 is 1.45 bits per heavy atom. The van der Waals surface area contributed by atoms with Crippen LogP contribution in [0.5, 0.6) is 5.75 Å². The number of halogens is 3. The largest absolute Gasteiger partial charge is 0.489 e. The SMILES string of the molecule is CC(C)c1ccc(NC(=O)N(Cc2ccc(OCc3ccccc3)cc2)c2ccc(C(F)(F)F)cc2)cc1. The summed E-state index contributed by atoms with van der Waals surface area (Å²) in [6.45, 7) is 4.74. The van der Waals surface area contributed by atoms with Gasteiger partial charge in [0.15, 0.2) is 0 Å². The Bertz CT molecular complexity index is 1320. The number of amides is 2. The number of rotatable bonds is 8. The second-order valence-electron chi connectivity index (χ2n) is 9.26. The summed E-state index contributed by atoms with van der Waals surface area (Å²) in [5.41, 5.74) is 3.15. The molecule has 38 heavy (non-hydrogen) atoms. The van der Waals surface area contributed by atoms with Crippen molar-refractivity contribution in [2.45, 2.75) is 39.1 Å². The summed E-state index contributed by atoms with van der Waals surface area (Å²) in [6.07, 6.45) is -4.46. The molecule has 0 unspecified atom stereocenters. The molecule has 0 spiro atoms. The third-order valence-corrected chi connectivity index (χ3v) is 6.09. The molecule has 0 aromatic heterocycles. The minimum atomic E-state index is -4.46. The lowest BCUT2D eigenvalue weighted by Crippen LogP contribution is -2.34. The van der Waals surface area contributed by atoms with Gasteiger partial charge in [-0.2, -0.15) is 13.2 Å². The van der Waals surface area contributed by atoms with E-state index in [0.29, 0.717) is 29.6 Å². The highest BCUT2D eigenvalue weighted by atomic mass is 19.4. The molecule has 1 N–H and O–H groups in total. The molecule has 0 atom stereocenters. The Morgan fingerprint density at radius 1 is 0.816 bits per heavy atom. The Balaban J connectivity index is 1.51. The monoisotopic (exact) mass is 518 g/mol. The Labute approximate surface area is 220 Å². The molecule has 4 rings (SSSR count). The van der Waals surface area contributed by atoms with Gasteiger partial charge in [-0.1, -0.05) is 68.4 Å². The van der Waals surface area contributed by atoms with Gasteiger partial charge in [-0.25, -0.2) is 4.79 Å². The van der Waals surface area contributed by atoms with Gasteiger partial charge in [-0.15, -0.1) is 0 Å². The first-order valence-corrected chi connectivity index (χ1v) is 12.3. The van der Waals surface area contributed by atoms with Gasteiger partial charge >= 0.3 is 12.2 Å².